The Balaban J connectivity index is 1.96. The number of fused-ring (bicyclic) bond motifs is 1. The maximum atomic E-state index is 12.9. The number of aromatic nitrogens is 2. The lowest BCUT2D eigenvalue weighted by atomic mass is 10.3. The fraction of sp³-hybridized carbons (Fsp3) is 0.278. The van der Waals surface area contributed by atoms with E-state index in [1.165, 1.54) is 23.1 Å². The van der Waals surface area contributed by atoms with Crippen molar-refractivity contribution >= 4 is 39.2 Å². The van der Waals surface area contributed by atoms with Crippen molar-refractivity contribution < 1.29 is 4.79 Å². The summed E-state index contributed by atoms with van der Waals surface area (Å²) in [6.07, 6.45) is 0.879. The first-order chi connectivity index (χ1) is 12.1. The highest BCUT2D eigenvalue weighted by Crippen LogP contribution is 2.23. The van der Waals surface area contributed by atoms with E-state index in [0.717, 1.165) is 12.1 Å². The molecule has 1 atom stereocenters. The van der Waals surface area contributed by atoms with Crippen LogP contribution in [0.25, 0.3) is 15.9 Å². The molecule has 0 saturated carbocycles. The number of thiophene rings is 1. The second kappa shape index (κ2) is 7.84. The number of benzene rings is 1. The summed E-state index contributed by atoms with van der Waals surface area (Å²) in [6.45, 7) is 4.00. The Kier molecular flexibility index (Phi) is 5.55. The number of carbonyl (C=O) groups is 1. The van der Waals surface area contributed by atoms with Gasteiger partial charge in [-0.1, -0.05) is 36.9 Å². The molecule has 0 aliphatic rings. The van der Waals surface area contributed by atoms with Gasteiger partial charge in [0.05, 0.1) is 17.0 Å². The molecule has 3 rings (SSSR count). The standard InChI is InChI=1S/C18H19N3O2S2/c1-3-12(2)19-15(22)11-25-18-20-14-9-10-24-16(14)17(23)21(18)13-7-5-4-6-8-13/h4-10,12H,3,11H2,1-2H3,(H,19,22). The van der Waals surface area contributed by atoms with E-state index in [4.69, 9.17) is 0 Å². The summed E-state index contributed by atoms with van der Waals surface area (Å²) >= 11 is 2.66. The average Bonchev–Trinajstić information content (AvgIpc) is 3.09. The number of hydrogen-bond acceptors (Lipinski definition) is 5. The van der Waals surface area contributed by atoms with Crippen LogP contribution in [0.3, 0.4) is 0 Å². The number of thioether (sulfide) groups is 1. The van der Waals surface area contributed by atoms with E-state index in [9.17, 15) is 9.59 Å². The summed E-state index contributed by atoms with van der Waals surface area (Å²) in [4.78, 5) is 29.6. The molecular weight excluding hydrogens is 354 g/mol. The smallest absolute Gasteiger partial charge is 0.276 e. The normalized spacial score (nSPS) is 12.2. The fourth-order valence-electron chi connectivity index (χ4n) is 2.34. The Morgan fingerprint density at radius 2 is 2.08 bits per heavy atom. The van der Waals surface area contributed by atoms with E-state index >= 15 is 0 Å². The molecule has 1 amide bonds. The molecule has 3 aromatic rings. The number of nitrogens with one attached hydrogen (secondary N) is 1. The summed E-state index contributed by atoms with van der Waals surface area (Å²) in [6, 6.07) is 11.4. The van der Waals surface area contributed by atoms with Crippen LogP contribution in [0.1, 0.15) is 20.3 Å². The van der Waals surface area contributed by atoms with E-state index in [-0.39, 0.29) is 23.3 Å². The predicted molar refractivity (Wildman–Crippen MR) is 104 cm³/mol. The van der Waals surface area contributed by atoms with Crippen LogP contribution in [-0.2, 0) is 4.79 Å². The van der Waals surface area contributed by atoms with Crippen molar-refractivity contribution in [3.8, 4) is 5.69 Å². The molecule has 1 N–H and O–H groups in total. The Bertz CT molecular complexity index is 934. The van der Waals surface area contributed by atoms with E-state index in [0.29, 0.717) is 15.4 Å². The number of nitrogens with zero attached hydrogens (tertiary/aromatic N) is 2. The first kappa shape index (κ1) is 17.7. The lowest BCUT2D eigenvalue weighted by molar-refractivity contribution is -0.119. The van der Waals surface area contributed by atoms with Crippen molar-refractivity contribution in [3.05, 3.63) is 52.1 Å². The van der Waals surface area contributed by atoms with Crippen molar-refractivity contribution in [2.45, 2.75) is 31.5 Å². The quantitative estimate of drug-likeness (QED) is 0.531. The van der Waals surface area contributed by atoms with Gasteiger partial charge in [0.1, 0.15) is 4.70 Å². The zero-order chi connectivity index (χ0) is 17.8. The fourth-order valence-corrected chi connectivity index (χ4v) is 3.93. The number of para-hydroxylation sites is 1. The minimum atomic E-state index is -0.101. The number of carbonyl (C=O) groups excluding carboxylic acids is 1. The third kappa shape index (κ3) is 3.93. The molecule has 5 nitrogen and oxygen atoms in total. The Hall–Kier alpha value is -2.12. The lowest BCUT2D eigenvalue weighted by Gasteiger charge is -2.13. The first-order valence-corrected chi connectivity index (χ1v) is 9.94. The summed E-state index contributed by atoms with van der Waals surface area (Å²) in [5.74, 6) is 0.165. The summed E-state index contributed by atoms with van der Waals surface area (Å²) < 4.78 is 2.21. The van der Waals surface area contributed by atoms with Crippen LogP contribution in [0.5, 0.6) is 0 Å². The zero-order valence-electron chi connectivity index (χ0n) is 14.1. The topological polar surface area (TPSA) is 64.0 Å². The number of hydrogen-bond donors (Lipinski definition) is 1. The van der Waals surface area contributed by atoms with Gasteiger partial charge in [-0.25, -0.2) is 4.98 Å². The van der Waals surface area contributed by atoms with Gasteiger partial charge in [-0.2, -0.15) is 0 Å². The molecule has 2 heterocycles. The highest BCUT2D eigenvalue weighted by Gasteiger charge is 2.15. The van der Waals surface area contributed by atoms with Crippen LogP contribution in [0, 0.1) is 0 Å². The van der Waals surface area contributed by atoms with Gasteiger partial charge in [-0.3, -0.25) is 14.2 Å². The Morgan fingerprint density at radius 1 is 1.32 bits per heavy atom. The summed E-state index contributed by atoms with van der Waals surface area (Å²) in [5.41, 5.74) is 1.32. The molecule has 1 aromatic carbocycles. The zero-order valence-corrected chi connectivity index (χ0v) is 15.7. The molecule has 0 aliphatic heterocycles. The largest absolute Gasteiger partial charge is 0.353 e. The molecule has 25 heavy (non-hydrogen) atoms. The molecule has 130 valence electrons. The van der Waals surface area contributed by atoms with E-state index in [1.807, 2.05) is 55.6 Å². The monoisotopic (exact) mass is 373 g/mol. The van der Waals surface area contributed by atoms with Crippen LogP contribution >= 0.6 is 23.1 Å². The molecule has 0 spiro atoms. The van der Waals surface area contributed by atoms with Gasteiger partial charge in [0.25, 0.3) is 5.56 Å². The predicted octanol–water partition coefficient (Wildman–Crippen LogP) is 3.45. The second-order valence-electron chi connectivity index (χ2n) is 5.67. The van der Waals surface area contributed by atoms with Crippen LogP contribution in [0.2, 0.25) is 0 Å². The average molecular weight is 374 g/mol. The molecule has 0 saturated heterocycles. The van der Waals surface area contributed by atoms with Gasteiger partial charge in [0.2, 0.25) is 5.91 Å². The van der Waals surface area contributed by atoms with Crippen LogP contribution in [0.15, 0.2) is 51.7 Å². The first-order valence-electron chi connectivity index (χ1n) is 8.08. The van der Waals surface area contributed by atoms with Gasteiger partial charge < -0.3 is 5.32 Å². The van der Waals surface area contributed by atoms with Crippen molar-refractivity contribution in [1.82, 2.24) is 14.9 Å². The minimum absolute atomic E-state index is 0.0568. The maximum Gasteiger partial charge on any atom is 0.276 e. The molecule has 2 aromatic heterocycles. The van der Waals surface area contributed by atoms with Crippen molar-refractivity contribution in [2.75, 3.05) is 5.75 Å². The van der Waals surface area contributed by atoms with E-state index in [2.05, 4.69) is 10.3 Å². The number of amides is 1. The van der Waals surface area contributed by atoms with Crippen molar-refractivity contribution in [2.24, 2.45) is 0 Å². The number of rotatable bonds is 6. The van der Waals surface area contributed by atoms with Gasteiger partial charge in [-0.05, 0) is 36.9 Å². The third-order valence-electron chi connectivity index (χ3n) is 3.82. The molecule has 1 unspecified atom stereocenters. The molecule has 0 aliphatic carbocycles. The van der Waals surface area contributed by atoms with Crippen molar-refractivity contribution in [3.63, 3.8) is 0 Å². The van der Waals surface area contributed by atoms with Crippen LogP contribution < -0.4 is 10.9 Å². The van der Waals surface area contributed by atoms with Crippen LogP contribution in [-0.4, -0.2) is 27.3 Å². The SMILES string of the molecule is CCC(C)NC(=O)CSc1nc2ccsc2c(=O)n1-c1ccccc1. The van der Waals surface area contributed by atoms with Crippen molar-refractivity contribution in [1.29, 1.82) is 0 Å². The maximum absolute atomic E-state index is 12.9. The molecule has 7 heteroatoms. The summed E-state index contributed by atoms with van der Waals surface area (Å²) in [7, 11) is 0. The summed E-state index contributed by atoms with van der Waals surface area (Å²) in [5, 5.41) is 5.32. The lowest BCUT2D eigenvalue weighted by Crippen LogP contribution is -2.33. The Labute approximate surface area is 154 Å². The van der Waals surface area contributed by atoms with E-state index in [1.54, 1.807) is 4.57 Å². The van der Waals surface area contributed by atoms with Gasteiger partial charge in [0.15, 0.2) is 5.16 Å². The second-order valence-corrected chi connectivity index (χ2v) is 7.53. The molecular formula is C18H19N3O2S2. The highest BCUT2D eigenvalue weighted by molar-refractivity contribution is 7.99. The van der Waals surface area contributed by atoms with Gasteiger partial charge in [-0.15, -0.1) is 11.3 Å². The highest BCUT2D eigenvalue weighted by atomic mass is 32.2. The van der Waals surface area contributed by atoms with Crippen LogP contribution in [0.4, 0.5) is 0 Å². The Morgan fingerprint density at radius 3 is 2.80 bits per heavy atom. The van der Waals surface area contributed by atoms with Gasteiger partial charge >= 0.3 is 0 Å². The minimum Gasteiger partial charge on any atom is -0.353 e. The van der Waals surface area contributed by atoms with E-state index < -0.39 is 0 Å². The van der Waals surface area contributed by atoms with Gasteiger partial charge in [0, 0.05) is 6.04 Å². The molecule has 0 radical (unpaired) electrons. The molecule has 0 fully saturated rings. The third-order valence-corrected chi connectivity index (χ3v) is 5.65. The molecule has 0 bridgehead atoms.